The number of carbonyl (C=O) groups is 1. The molecule has 1 aliphatic heterocycles. The van der Waals surface area contributed by atoms with E-state index in [-0.39, 0.29) is 53.4 Å². The summed E-state index contributed by atoms with van der Waals surface area (Å²) in [5.74, 6) is -2.05. The van der Waals surface area contributed by atoms with Crippen LogP contribution >= 0.6 is 0 Å². The van der Waals surface area contributed by atoms with E-state index in [2.05, 4.69) is 10.1 Å². The zero-order chi connectivity index (χ0) is 31.9. The standard InChI is InChI=1S/C30H30F5N5O4/c1-16-14-38(22(15-41)24-21(31)9-10-23(44-4)25(24)32)11-12-39(16)29(42)20-13-36-40-27(30(33,34)35)17(2)26(37-28(20)40)18-5-7-19(43-3)8-6-18/h5-10,13,16,22,41H,11-12,14-15H2,1-4H3/t16-,22-/m1/s1. The van der Waals surface area contributed by atoms with E-state index in [9.17, 15) is 27.5 Å². The number of methoxy groups -OCH3 is 2. The molecule has 2 aromatic heterocycles. The third kappa shape index (κ3) is 5.43. The smallest absolute Gasteiger partial charge is 0.433 e. The Labute approximate surface area is 249 Å². The summed E-state index contributed by atoms with van der Waals surface area (Å²) in [5.41, 5.74) is -1.54. The van der Waals surface area contributed by atoms with Crippen molar-refractivity contribution in [2.24, 2.45) is 0 Å². The molecule has 14 heteroatoms. The summed E-state index contributed by atoms with van der Waals surface area (Å²) in [5, 5.41) is 14.0. The van der Waals surface area contributed by atoms with Gasteiger partial charge in [-0.3, -0.25) is 9.69 Å². The van der Waals surface area contributed by atoms with Crippen LogP contribution in [0.5, 0.6) is 11.5 Å². The predicted octanol–water partition coefficient (Wildman–Crippen LogP) is 4.90. The summed E-state index contributed by atoms with van der Waals surface area (Å²) < 4.78 is 83.5. The molecule has 1 aliphatic rings. The minimum atomic E-state index is -4.80. The number of hydrogen-bond acceptors (Lipinski definition) is 7. The monoisotopic (exact) mass is 619 g/mol. The number of benzene rings is 2. The third-order valence-corrected chi connectivity index (χ3v) is 7.92. The van der Waals surface area contributed by atoms with Crippen LogP contribution in [-0.4, -0.2) is 81.9 Å². The maximum atomic E-state index is 15.0. The van der Waals surface area contributed by atoms with Gasteiger partial charge in [-0.25, -0.2) is 18.3 Å². The van der Waals surface area contributed by atoms with E-state index in [1.807, 2.05) is 0 Å². The van der Waals surface area contributed by atoms with Crippen LogP contribution in [0.2, 0.25) is 0 Å². The Balaban J connectivity index is 1.49. The first-order valence-electron chi connectivity index (χ1n) is 13.7. The van der Waals surface area contributed by atoms with E-state index in [0.29, 0.717) is 15.8 Å². The number of hydrogen-bond donors (Lipinski definition) is 1. The highest BCUT2D eigenvalue weighted by molar-refractivity contribution is 6.00. The summed E-state index contributed by atoms with van der Waals surface area (Å²) >= 11 is 0. The Hall–Kier alpha value is -4.30. The quantitative estimate of drug-likeness (QED) is 0.295. The zero-order valence-corrected chi connectivity index (χ0v) is 24.3. The Morgan fingerprint density at radius 2 is 1.80 bits per heavy atom. The number of carbonyl (C=O) groups excluding carboxylic acids is 1. The highest BCUT2D eigenvalue weighted by Gasteiger charge is 2.40. The molecule has 0 aliphatic carbocycles. The lowest BCUT2D eigenvalue weighted by Crippen LogP contribution is -2.55. The van der Waals surface area contributed by atoms with Crippen molar-refractivity contribution in [1.29, 1.82) is 0 Å². The number of alkyl halides is 3. The molecule has 9 nitrogen and oxygen atoms in total. The predicted molar refractivity (Wildman–Crippen MR) is 150 cm³/mol. The van der Waals surface area contributed by atoms with Gasteiger partial charge in [0.25, 0.3) is 5.91 Å². The van der Waals surface area contributed by atoms with Crippen molar-refractivity contribution in [2.45, 2.75) is 32.1 Å². The second-order valence-corrected chi connectivity index (χ2v) is 10.5. The molecule has 4 aromatic rings. The molecule has 0 saturated carbocycles. The molecule has 1 saturated heterocycles. The van der Waals surface area contributed by atoms with Gasteiger partial charge >= 0.3 is 6.18 Å². The summed E-state index contributed by atoms with van der Waals surface area (Å²) in [6.07, 6.45) is -3.74. The second-order valence-electron chi connectivity index (χ2n) is 10.5. The maximum Gasteiger partial charge on any atom is 0.433 e. The molecule has 2 aromatic carbocycles. The number of halogens is 5. The second kappa shape index (κ2) is 12.0. The van der Waals surface area contributed by atoms with Crippen molar-refractivity contribution in [3.8, 4) is 22.8 Å². The van der Waals surface area contributed by atoms with E-state index >= 15 is 4.39 Å². The van der Waals surface area contributed by atoms with Crippen LogP contribution in [0.1, 0.15) is 40.1 Å². The Morgan fingerprint density at radius 1 is 1.09 bits per heavy atom. The summed E-state index contributed by atoms with van der Waals surface area (Å²) in [6, 6.07) is 6.95. The van der Waals surface area contributed by atoms with Crippen LogP contribution in [0.15, 0.2) is 42.6 Å². The minimum absolute atomic E-state index is 0.0352. The number of nitrogens with zero attached hydrogens (tertiary/aromatic N) is 5. The third-order valence-electron chi connectivity index (χ3n) is 7.92. The molecule has 1 N–H and O–H groups in total. The van der Waals surface area contributed by atoms with Crippen LogP contribution in [0.25, 0.3) is 16.9 Å². The van der Waals surface area contributed by atoms with Crippen LogP contribution in [0.4, 0.5) is 22.0 Å². The minimum Gasteiger partial charge on any atom is -0.497 e. The molecular formula is C30H30F5N5O4. The lowest BCUT2D eigenvalue weighted by atomic mass is 10.0. The van der Waals surface area contributed by atoms with Crippen molar-refractivity contribution in [2.75, 3.05) is 40.5 Å². The van der Waals surface area contributed by atoms with Gasteiger partial charge in [0.2, 0.25) is 0 Å². The highest BCUT2D eigenvalue weighted by Crippen LogP contribution is 2.37. The molecule has 0 unspecified atom stereocenters. The SMILES string of the molecule is COc1ccc(-c2nc3c(C(=O)N4CCN([C@H](CO)c5c(F)ccc(OC)c5F)C[C@H]4C)cnn3c(C(F)(F)F)c2C)cc1. The van der Waals surface area contributed by atoms with E-state index in [0.717, 1.165) is 18.3 Å². The molecule has 1 amide bonds. The summed E-state index contributed by atoms with van der Waals surface area (Å²) in [6.45, 7) is 2.68. The fourth-order valence-corrected chi connectivity index (χ4v) is 5.71. The van der Waals surface area contributed by atoms with Gasteiger partial charge in [-0.2, -0.15) is 18.3 Å². The number of rotatable bonds is 7. The van der Waals surface area contributed by atoms with Gasteiger partial charge in [0.1, 0.15) is 17.1 Å². The molecule has 3 heterocycles. The number of aliphatic hydroxyl groups is 1. The number of aromatic nitrogens is 3. The van der Waals surface area contributed by atoms with Crippen molar-refractivity contribution in [1.82, 2.24) is 24.4 Å². The Bertz CT molecular complexity index is 1690. The van der Waals surface area contributed by atoms with Gasteiger partial charge in [-0.05, 0) is 50.2 Å². The number of ether oxygens (including phenoxy) is 2. The fraction of sp³-hybridized carbons (Fsp3) is 0.367. The van der Waals surface area contributed by atoms with Gasteiger partial charge in [0.15, 0.2) is 22.9 Å². The van der Waals surface area contributed by atoms with Gasteiger partial charge in [0, 0.05) is 42.4 Å². The molecule has 1 fully saturated rings. The number of piperazine rings is 1. The maximum absolute atomic E-state index is 15.0. The van der Waals surface area contributed by atoms with E-state index < -0.39 is 48.1 Å². The van der Waals surface area contributed by atoms with Gasteiger partial charge in [0.05, 0.1) is 38.8 Å². The summed E-state index contributed by atoms with van der Waals surface area (Å²) in [7, 11) is 2.71. The first kappa shape index (κ1) is 31.1. The van der Waals surface area contributed by atoms with Crippen molar-refractivity contribution in [3.63, 3.8) is 0 Å². The topological polar surface area (TPSA) is 92.4 Å². The Morgan fingerprint density at radius 3 is 2.39 bits per heavy atom. The van der Waals surface area contributed by atoms with Crippen molar-refractivity contribution in [3.05, 3.63) is 76.6 Å². The van der Waals surface area contributed by atoms with Crippen molar-refractivity contribution >= 4 is 11.6 Å². The molecule has 44 heavy (non-hydrogen) atoms. The highest BCUT2D eigenvalue weighted by atomic mass is 19.4. The van der Waals surface area contributed by atoms with Gasteiger partial charge in [-0.1, -0.05) is 0 Å². The normalized spacial score (nSPS) is 16.8. The largest absolute Gasteiger partial charge is 0.497 e. The average molecular weight is 620 g/mol. The van der Waals surface area contributed by atoms with Crippen LogP contribution < -0.4 is 9.47 Å². The van der Waals surface area contributed by atoms with Crippen LogP contribution in [-0.2, 0) is 6.18 Å². The lowest BCUT2D eigenvalue weighted by molar-refractivity contribution is -0.143. The number of amides is 1. The lowest BCUT2D eigenvalue weighted by Gasteiger charge is -2.43. The molecule has 2 atom stereocenters. The zero-order valence-electron chi connectivity index (χ0n) is 24.3. The van der Waals surface area contributed by atoms with Crippen molar-refractivity contribution < 1.29 is 41.3 Å². The first-order chi connectivity index (χ1) is 20.9. The van der Waals surface area contributed by atoms with E-state index in [4.69, 9.17) is 9.47 Å². The first-order valence-corrected chi connectivity index (χ1v) is 13.7. The molecule has 0 spiro atoms. The molecular weight excluding hydrogens is 589 g/mol. The van der Waals surface area contributed by atoms with Crippen LogP contribution in [0.3, 0.4) is 0 Å². The summed E-state index contributed by atoms with van der Waals surface area (Å²) in [4.78, 5) is 21.4. The fourth-order valence-electron chi connectivity index (χ4n) is 5.71. The van der Waals surface area contributed by atoms with Gasteiger partial charge < -0.3 is 19.5 Å². The number of aliphatic hydroxyl groups excluding tert-OH is 1. The molecule has 5 rings (SSSR count). The van der Waals surface area contributed by atoms with Crippen LogP contribution in [0, 0.1) is 18.6 Å². The average Bonchev–Trinajstić information content (AvgIpc) is 3.41. The van der Waals surface area contributed by atoms with E-state index in [1.165, 1.54) is 26.0 Å². The Kier molecular flexibility index (Phi) is 8.49. The molecule has 0 bridgehead atoms. The number of fused-ring (bicyclic) bond motifs is 1. The molecule has 0 radical (unpaired) electrons. The molecule has 234 valence electrons. The van der Waals surface area contributed by atoms with Gasteiger partial charge in [-0.15, -0.1) is 0 Å². The van der Waals surface area contributed by atoms with E-state index in [1.54, 1.807) is 36.1 Å².